The van der Waals surface area contributed by atoms with Crippen LogP contribution in [0.4, 0.5) is 0 Å². The zero-order chi connectivity index (χ0) is 22.5. The Labute approximate surface area is 196 Å². The number of nitrogens with zero attached hydrogens (tertiary/aromatic N) is 2. The summed E-state index contributed by atoms with van der Waals surface area (Å²) in [5.74, 6) is 0.450. The molecule has 1 atom stereocenters. The lowest BCUT2D eigenvalue weighted by molar-refractivity contribution is -0.120. The number of thioether (sulfide) groups is 1. The maximum Gasteiger partial charge on any atom is 0.266 e. The summed E-state index contributed by atoms with van der Waals surface area (Å²) >= 11 is 13.6. The fourth-order valence-electron chi connectivity index (χ4n) is 3.09. The molecule has 0 saturated carbocycles. The average Bonchev–Trinajstić information content (AvgIpc) is 2.74. The SMILES string of the molecule is CCC(Sc1nc2ccccc2c(=O)n1-c1ccc(Cl)c(Cl)c1)C(=O)NCCC(C)C. The van der Waals surface area contributed by atoms with Gasteiger partial charge in [0, 0.05) is 6.54 Å². The van der Waals surface area contributed by atoms with Crippen LogP contribution >= 0.6 is 35.0 Å². The summed E-state index contributed by atoms with van der Waals surface area (Å²) in [6.45, 7) is 6.81. The number of hydrogen-bond acceptors (Lipinski definition) is 4. The third-order valence-electron chi connectivity index (χ3n) is 4.84. The smallest absolute Gasteiger partial charge is 0.266 e. The molecule has 0 spiro atoms. The van der Waals surface area contributed by atoms with Crippen molar-refractivity contribution >= 4 is 51.8 Å². The van der Waals surface area contributed by atoms with Crippen LogP contribution in [0, 0.1) is 5.92 Å². The van der Waals surface area contributed by atoms with Crippen LogP contribution in [-0.2, 0) is 4.79 Å². The van der Waals surface area contributed by atoms with E-state index in [9.17, 15) is 9.59 Å². The Morgan fingerprint density at radius 1 is 1.16 bits per heavy atom. The monoisotopic (exact) mass is 477 g/mol. The Hall–Kier alpha value is -2.02. The van der Waals surface area contributed by atoms with Gasteiger partial charge in [0.2, 0.25) is 5.91 Å². The fraction of sp³-hybridized carbons (Fsp3) is 0.348. The maximum atomic E-state index is 13.4. The second kappa shape index (κ2) is 10.5. The summed E-state index contributed by atoms with van der Waals surface area (Å²) in [6.07, 6.45) is 1.51. The molecule has 0 fully saturated rings. The highest BCUT2D eigenvalue weighted by Crippen LogP contribution is 2.29. The molecule has 0 bridgehead atoms. The van der Waals surface area contributed by atoms with E-state index >= 15 is 0 Å². The molecule has 0 aliphatic carbocycles. The van der Waals surface area contributed by atoms with Crippen LogP contribution in [0.2, 0.25) is 10.0 Å². The minimum Gasteiger partial charge on any atom is -0.355 e. The van der Waals surface area contributed by atoms with Crippen LogP contribution in [0.5, 0.6) is 0 Å². The first-order valence-corrected chi connectivity index (χ1v) is 11.9. The van der Waals surface area contributed by atoms with Gasteiger partial charge in [0.1, 0.15) is 0 Å². The summed E-state index contributed by atoms with van der Waals surface area (Å²) in [5.41, 5.74) is 0.915. The van der Waals surface area contributed by atoms with E-state index in [1.165, 1.54) is 16.3 Å². The third kappa shape index (κ3) is 5.62. The van der Waals surface area contributed by atoms with Gasteiger partial charge in [-0.3, -0.25) is 14.2 Å². The molecule has 0 saturated heterocycles. The van der Waals surface area contributed by atoms with E-state index in [1.807, 2.05) is 13.0 Å². The molecule has 0 aliphatic rings. The van der Waals surface area contributed by atoms with Gasteiger partial charge in [0.25, 0.3) is 5.56 Å². The number of nitrogens with one attached hydrogen (secondary N) is 1. The number of aromatic nitrogens is 2. The second-order valence-electron chi connectivity index (χ2n) is 7.64. The van der Waals surface area contributed by atoms with Crippen molar-refractivity contribution in [2.45, 2.75) is 44.0 Å². The van der Waals surface area contributed by atoms with Crippen LogP contribution in [0.15, 0.2) is 52.4 Å². The van der Waals surface area contributed by atoms with Crippen molar-refractivity contribution in [2.75, 3.05) is 6.54 Å². The van der Waals surface area contributed by atoms with Crippen molar-refractivity contribution in [1.82, 2.24) is 14.9 Å². The molecule has 1 heterocycles. The number of rotatable bonds is 8. The summed E-state index contributed by atoms with van der Waals surface area (Å²) < 4.78 is 1.50. The number of fused-ring (bicyclic) bond motifs is 1. The fourth-order valence-corrected chi connectivity index (χ4v) is 4.44. The van der Waals surface area contributed by atoms with Gasteiger partial charge in [-0.1, -0.05) is 67.9 Å². The first kappa shape index (κ1) is 23.6. The van der Waals surface area contributed by atoms with Crippen LogP contribution < -0.4 is 10.9 Å². The van der Waals surface area contributed by atoms with Crippen molar-refractivity contribution in [1.29, 1.82) is 0 Å². The Balaban J connectivity index is 2.04. The van der Waals surface area contributed by atoms with Gasteiger partial charge in [0.05, 0.1) is 31.9 Å². The van der Waals surface area contributed by atoms with Gasteiger partial charge in [-0.25, -0.2) is 4.98 Å². The Kier molecular flexibility index (Phi) is 8.03. The van der Waals surface area contributed by atoms with E-state index in [4.69, 9.17) is 28.2 Å². The molecule has 1 amide bonds. The van der Waals surface area contributed by atoms with E-state index in [1.54, 1.807) is 36.4 Å². The van der Waals surface area contributed by atoms with E-state index in [0.29, 0.717) is 50.7 Å². The van der Waals surface area contributed by atoms with Gasteiger partial charge in [-0.2, -0.15) is 0 Å². The largest absolute Gasteiger partial charge is 0.355 e. The van der Waals surface area contributed by atoms with Crippen LogP contribution in [0.1, 0.15) is 33.6 Å². The lowest BCUT2D eigenvalue weighted by atomic mass is 10.1. The van der Waals surface area contributed by atoms with Gasteiger partial charge >= 0.3 is 0 Å². The number of carbonyl (C=O) groups is 1. The second-order valence-corrected chi connectivity index (χ2v) is 9.62. The predicted molar refractivity (Wildman–Crippen MR) is 130 cm³/mol. The molecule has 3 rings (SSSR count). The van der Waals surface area contributed by atoms with E-state index in [2.05, 4.69) is 19.2 Å². The molecule has 0 radical (unpaired) electrons. The zero-order valence-electron chi connectivity index (χ0n) is 17.7. The van der Waals surface area contributed by atoms with Crippen LogP contribution in [0.25, 0.3) is 16.6 Å². The summed E-state index contributed by atoms with van der Waals surface area (Å²) in [6, 6.07) is 12.2. The molecule has 0 aliphatic heterocycles. The topological polar surface area (TPSA) is 64.0 Å². The maximum absolute atomic E-state index is 13.4. The van der Waals surface area contributed by atoms with Crippen LogP contribution in [0.3, 0.4) is 0 Å². The first-order valence-electron chi connectivity index (χ1n) is 10.2. The Bertz CT molecular complexity index is 1150. The van der Waals surface area contributed by atoms with Crippen molar-refractivity contribution in [2.24, 2.45) is 5.92 Å². The summed E-state index contributed by atoms with van der Waals surface area (Å²) in [4.78, 5) is 30.8. The highest BCUT2D eigenvalue weighted by Gasteiger charge is 2.22. The lowest BCUT2D eigenvalue weighted by Gasteiger charge is -2.18. The molecule has 2 aromatic carbocycles. The van der Waals surface area contributed by atoms with Crippen molar-refractivity contribution in [3.05, 3.63) is 62.9 Å². The molecule has 164 valence electrons. The number of para-hydroxylation sites is 1. The van der Waals surface area contributed by atoms with E-state index in [-0.39, 0.29) is 16.7 Å². The van der Waals surface area contributed by atoms with Gasteiger partial charge in [0.15, 0.2) is 5.16 Å². The summed E-state index contributed by atoms with van der Waals surface area (Å²) in [5, 5.41) is 4.29. The van der Waals surface area contributed by atoms with Crippen molar-refractivity contribution < 1.29 is 4.79 Å². The molecule has 8 heteroatoms. The predicted octanol–water partition coefficient (Wildman–Crippen LogP) is 5.73. The standard InChI is InChI=1S/C23H25Cl2N3O2S/c1-4-20(21(29)26-12-11-14(2)3)31-23-27-19-8-6-5-7-16(19)22(30)28(23)15-9-10-17(24)18(25)13-15/h5-10,13-14,20H,4,11-12H2,1-3H3,(H,26,29). The highest BCUT2D eigenvalue weighted by atomic mass is 35.5. The highest BCUT2D eigenvalue weighted by molar-refractivity contribution is 8.00. The Morgan fingerprint density at radius 3 is 2.58 bits per heavy atom. The van der Waals surface area contributed by atoms with Crippen LogP contribution in [-0.4, -0.2) is 27.3 Å². The minimum absolute atomic E-state index is 0.0590. The quantitative estimate of drug-likeness (QED) is 0.332. The third-order valence-corrected chi connectivity index (χ3v) is 6.89. The average molecular weight is 478 g/mol. The molecular weight excluding hydrogens is 453 g/mol. The molecule has 1 unspecified atom stereocenters. The number of benzene rings is 2. The number of halogens is 2. The summed E-state index contributed by atoms with van der Waals surface area (Å²) in [7, 11) is 0. The van der Waals surface area contributed by atoms with Crippen molar-refractivity contribution in [3.63, 3.8) is 0 Å². The Morgan fingerprint density at radius 2 is 1.90 bits per heavy atom. The molecular formula is C23H25Cl2N3O2S. The molecule has 1 N–H and O–H groups in total. The molecule has 5 nitrogen and oxygen atoms in total. The number of carbonyl (C=O) groups excluding carboxylic acids is 1. The van der Waals surface area contributed by atoms with E-state index in [0.717, 1.165) is 6.42 Å². The lowest BCUT2D eigenvalue weighted by Crippen LogP contribution is -2.34. The van der Waals surface area contributed by atoms with Gasteiger partial charge < -0.3 is 5.32 Å². The first-order chi connectivity index (χ1) is 14.8. The van der Waals surface area contributed by atoms with Gasteiger partial charge in [-0.15, -0.1) is 0 Å². The van der Waals surface area contributed by atoms with E-state index < -0.39 is 0 Å². The minimum atomic E-state index is -0.380. The molecule has 3 aromatic rings. The number of hydrogen-bond donors (Lipinski definition) is 1. The molecule has 1 aromatic heterocycles. The van der Waals surface area contributed by atoms with Gasteiger partial charge in [-0.05, 0) is 49.1 Å². The molecule has 31 heavy (non-hydrogen) atoms. The zero-order valence-corrected chi connectivity index (χ0v) is 20.0. The van der Waals surface area contributed by atoms with Crippen molar-refractivity contribution in [3.8, 4) is 5.69 Å². The number of amides is 1. The normalized spacial score (nSPS) is 12.3.